The average molecular weight is 268 g/mol. The summed E-state index contributed by atoms with van der Waals surface area (Å²) in [6, 6.07) is 13.9. The third-order valence-electron chi connectivity index (χ3n) is 4.28. The van der Waals surface area contributed by atoms with Crippen molar-refractivity contribution in [3.8, 4) is 0 Å². The molecule has 0 bridgehead atoms. The van der Waals surface area contributed by atoms with E-state index in [1.807, 2.05) is 24.3 Å². The second-order valence-electron chi connectivity index (χ2n) is 5.43. The van der Waals surface area contributed by atoms with Gasteiger partial charge >= 0.3 is 0 Å². The van der Waals surface area contributed by atoms with E-state index in [4.69, 9.17) is 4.74 Å². The lowest BCUT2D eigenvalue weighted by molar-refractivity contribution is 0.0850. The van der Waals surface area contributed by atoms with Gasteiger partial charge in [-0.1, -0.05) is 36.4 Å². The molecule has 0 radical (unpaired) electrons. The molecule has 4 rings (SSSR count). The summed E-state index contributed by atoms with van der Waals surface area (Å²) >= 11 is 0. The molecular weight excluding hydrogens is 255 g/mol. The fraction of sp³-hybridized carbons (Fsp3) is 0.235. The van der Waals surface area contributed by atoms with E-state index in [1.165, 1.54) is 12.1 Å². The fourth-order valence-electron chi connectivity index (χ4n) is 3.14. The number of ether oxygens (including phenoxy) is 1. The van der Waals surface area contributed by atoms with Gasteiger partial charge in [0.05, 0.1) is 0 Å². The molecule has 1 spiro atoms. The Morgan fingerprint density at radius 2 is 1.85 bits per heavy atom. The Morgan fingerprint density at radius 1 is 1.10 bits per heavy atom. The lowest BCUT2D eigenvalue weighted by atomic mass is 9.79. The lowest BCUT2D eigenvalue weighted by Crippen LogP contribution is -2.31. The van der Waals surface area contributed by atoms with Gasteiger partial charge in [-0.2, -0.15) is 0 Å². The van der Waals surface area contributed by atoms with Crippen molar-refractivity contribution in [1.82, 2.24) is 0 Å². The number of hydrogen-bond donors (Lipinski definition) is 0. The van der Waals surface area contributed by atoms with Crippen LogP contribution in [0.5, 0.6) is 0 Å². The topological polar surface area (TPSA) is 29.6 Å². The second kappa shape index (κ2) is 4.00. The molecule has 2 atom stereocenters. The minimum absolute atomic E-state index is 0.0636. The molecule has 100 valence electrons. The molecule has 0 unspecified atom stereocenters. The highest BCUT2D eigenvalue weighted by Crippen LogP contribution is 2.56. The predicted molar refractivity (Wildman–Crippen MR) is 72.1 cm³/mol. The number of aryl methyl sites for hydroxylation is 1. The van der Waals surface area contributed by atoms with Crippen molar-refractivity contribution >= 4 is 5.78 Å². The molecule has 20 heavy (non-hydrogen) atoms. The maximum absolute atomic E-state index is 13.0. The van der Waals surface area contributed by atoms with Crippen molar-refractivity contribution in [3.05, 3.63) is 71.0 Å². The maximum atomic E-state index is 13.0. The highest BCUT2D eigenvalue weighted by Gasteiger charge is 2.63. The highest BCUT2D eigenvalue weighted by molar-refractivity contribution is 6.07. The van der Waals surface area contributed by atoms with Gasteiger partial charge in [0.25, 0.3) is 0 Å². The number of carbonyl (C=O) groups excluding carboxylic acids is 1. The number of Topliss-reactive ketones (excluding diaryl/α,β-unsaturated/α-hetero) is 1. The lowest BCUT2D eigenvalue weighted by Gasteiger charge is -2.20. The van der Waals surface area contributed by atoms with E-state index >= 15 is 0 Å². The van der Waals surface area contributed by atoms with Gasteiger partial charge in [0.15, 0.2) is 11.4 Å². The van der Waals surface area contributed by atoms with Gasteiger partial charge in [-0.3, -0.25) is 4.79 Å². The standard InChI is InChI=1S/C17H13FO2/c18-13-7-5-12(6-8-13)16-17(20-16)10-9-11-3-1-2-4-14(11)15(17)19/h1-8,16H,9-10H2/t16-,17-/m1/s1. The van der Waals surface area contributed by atoms with Crippen LogP contribution < -0.4 is 0 Å². The van der Waals surface area contributed by atoms with Crippen LogP contribution in [0.15, 0.2) is 48.5 Å². The summed E-state index contributed by atoms with van der Waals surface area (Å²) in [6.07, 6.45) is 1.31. The Kier molecular flexibility index (Phi) is 2.36. The first-order chi connectivity index (χ1) is 9.71. The summed E-state index contributed by atoms with van der Waals surface area (Å²) in [5.74, 6) is -0.211. The van der Waals surface area contributed by atoms with E-state index in [9.17, 15) is 9.18 Å². The first kappa shape index (κ1) is 11.8. The van der Waals surface area contributed by atoms with Gasteiger partial charge in [0, 0.05) is 5.56 Å². The molecule has 0 N–H and O–H groups in total. The van der Waals surface area contributed by atoms with Crippen LogP contribution in [0.25, 0.3) is 0 Å². The first-order valence-corrected chi connectivity index (χ1v) is 6.77. The monoisotopic (exact) mass is 268 g/mol. The molecule has 1 aliphatic carbocycles. The zero-order valence-electron chi connectivity index (χ0n) is 10.8. The summed E-state index contributed by atoms with van der Waals surface area (Å²) in [5.41, 5.74) is 2.02. The SMILES string of the molecule is O=C1c2ccccc2CC[C@@]12O[C@@H]2c1ccc(F)cc1. The summed E-state index contributed by atoms with van der Waals surface area (Å²) < 4.78 is 18.7. The van der Waals surface area contributed by atoms with Crippen molar-refractivity contribution in [2.45, 2.75) is 24.5 Å². The van der Waals surface area contributed by atoms with Crippen molar-refractivity contribution in [2.75, 3.05) is 0 Å². The van der Waals surface area contributed by atoms with Crippen LogP contribution in [0, 0.1) is 5.82 Å². The van der Waals surface area contributed by atoms with E-state index in [1.54, 1.807) is 12.1 Å². The van der Waals surface area contributed by atoms with Gasteiger partial charge in [0.1, 0.15) is 11.9 Å². The van der Waals surface area contributed by atoms with E-state index in [2.05, 4.69) is 0 Å². The number of halogens is 1. The van der Waals surface area contributed by atoms with Gasteiger partial charge in [-0.25, -0.2) is 4.39 Å². The smallest absolute Gasteiger partial charge is 0.198 e. The summed E-state index contributed by atoms with van der Waals surface area (Å²) in [7, 11) is 0. The third-order valence-corrected chi connectivity index (χ3v) is 4.28. The van der Waals surface area contributed by atoms with E-state index in [-0.39, 0.29) is 17.7 Å². The summed E-state index contributed by atoms with van der Waals surface area (Å²) in [6.45, 7) is 0. The van der Waals surface area contributed by atoms with E-state index in [0.29, 0.717) is 6.42 Å². The number of epoxide rings is 1. The normalized spacial score (nSPS) is 27.4. The molecule has 0 amide bonds. The van der Waals surface area contributed by atoms with E-state index in [0.717, 1.165) is 23.1 Å². The Morgan fingerprint density at radius 3 is 2.65 bits per heavy atom. The molecule has 3 heteroatoms. The molecule has 1 aliphatic heterocycles. The average Bonchev–Trinajstić information content (AvgIpc) is 3.20. The van der Waals surface area contributed by atoms with Crippen molar-refractivity contribution < 1.29 is 13.9 Å². The number of benzene rings is 2. The van der Waals surface area contributed by atoms with E-state index < -0.39 is 5.60 Å². The minimum Gasteiger partial charge on any atom is -0.352 e. The van der Waals surface area contributed by atoms with Crippen LogP contribution >= 0.6 is 0 Å². The number of carbonyl (C=O) groups is 1. The van der Waals surface area contributed by atoms with Gasteiger partial charge < -0.3 is 4.74 Å². The summed E-state index contributed by atoms with van der Waals surface area (Å²) in [5, 5.41) is 0. The number of fused-ring (bicyclic) bond motifs is 1. The molecule has 2 nitrogen and oxygen atoms in total. The second-order valence-corrected chi connectivity index (χ2v) is 5.43. The molecule has 1 fully saturated rings. The van der Waals surface area contributed by atoms with Crippen LogP contribution in [0.2, 0.25) is 0 Å². The number of rotatable bonds is 1. The predicted octanol–water partition coefficient (Wildman–Crippen LogP) is 3.46. The Bertz CT molecular complexity index is 692. The molecule has 2 aliphatic rings. The van der Waals surface area contributed by atoms with Crippen LogP contribution in [0.3, 0.4) is 0 Å². The van der Waals surface area contributed by atoms with Crippen LogP contribution in [-0.4, -0.2) is 11.4 Å². The molecular formula is C17H13FO2. The van der Waals surface area contributed by atoms with Crippen LogP contribution in [-0.2, 0) is 11.2 Å². The van der Waals surface area contributed by atoms with Crippen molar-refractivity contribution in [3.63, 3.8) is 0 Å². The van der Waals surface area contributed by atoms with Crippen LogP contribution in [0.1, 0.15) is 34.0 Å². The Hall–Kier alpha value is -2.00. The zero-order chi connectivity index (χ0) is 13.7. The molecule has 1 saturated heterocycles. The summed E-state index contributed by atoms with van der Waals surface area (Å²) in [4.78, 5) is 12.7. The van der Waals surface area contributed by atoms with Crippen molar-refractivity contribution in [1.29, 1.82) is 0 Å². The Balaban J connectivity index is 1.69. The molecule has 2 aromatic rings. The molecule has 0 aromatic heterocycles. The quantitative estimate of drug-likeness (QED) is 0.741. The molecule has 1 heterocycles. The minimum atomic E-state index is -0.716. The van der Waals surface area contributed by atoms with Gasteiger partial charge in [-0.05, 0) is 36.1 Å². The largest absolute Gasteiger partial charge is 0.352 e. The van der Waals surface area contributed by atoms with Gasteiger partial charge in [-0.15, -0.1) is 0 Å². The van der Waals surface area contributed by atoms with Crippen molar-refractivity contribution in [2.24, 2.45) is 0 Å². The first-order valence-electron chi connectivity index (χ1n) is 6.77. The molecule has 0 saturated carbocycles. The van der Waals surface area contributed by atoms with Gasteiger partial charge in [0.2, 0.25) is 0 Å². The number of ketones is 1. The zero-order valence-corrected chi connectivity index (χ0v) is 10.8. The molecule has 2 aromatic carbocycles. The fourth-order valence-corrected chi connectivity index (χ4v) is 3.14. The maximum Gasteiger partial charge on any atom is 0.198 e. The third kappa shape index (κ3) is 1.56. The Labute approximate surface area is 116 Å². The number of hydrogen-bond acceptors (Lipinski definition) is 2. The van der Waals surface area contributed by atoms with Crippen LogP contribution in [0.4, 0.5) is 4.39 Å². The highest BCUT2D eigenvalue weighted by atomic mass is 19.1.